The lowest BCUT2D eigenvalue weighted by Gasteiger charge is -2.05. The normalized spacial score (nSPS) is 13.9. The summed E-state index contributed by atoms with van der Waals surface area (Å²) in [6.07, 6.45) is -0.265. The van der Waals surface area contributed by atoms with E-state index in [9.17, 15) is 0 Å². The lowest BCUT2D eigenvalue weighted by molar-refractivity contribution is -0.124. The van der Waals surface area contributed by atoms with Gasteiger partial charge in [0.1, 0.15) is 0 Å². The summed E-state index contributed by atoms with van der Waals surface area (Å²) < 4.78 is 9.29. The topological polar surface area (TPSA) is 99.4 Å². The van der Waals surface area contributed by atoms with Gasteiger partial charge in [-0.3, -0.25) is 0 Å². The lowest BCUT2D eigenvalue weighted by atomic mass is 10.5. The van der Waals surface area contributed by atoms with Crippen LogP contribution in [0.15, 0.2) is 0 Å². The number of rotatable bonds is 8. The maximum atomic E-state index is 8.52. The minimum Gasteiger partial charge on any atom is -0.391 e. The third-order valence-corrected chi connectivity index (χ3v) is 1.34. The molecule has 0 rings (SSSR count). The van der Waals surface area contributed by atoms with E-state index >= 15 is 0 Å². The molecule has 0 aliphatic rings. The van der Waals surface area contributed by atoms with Gasteiger partial charge in [-0.1, -0.05) is 13.8 Å². The van der Waals surface area contributed by atoms with E-state index in [4.69, 9.17) is 20.4 Å². The van der Waals surface area contributed by atoms with Crippen LogP contribution >= 0.6 is 0 Å². The number of aliphatic hydroxyl groups is 4. The second-order valence-electron chi connectivity index (χ2n) is 3.02. The fourth-order valence-electron chi connectivity index (χ4n) is 0.613. The van der Waals surface area contributed by atoms with E-state index in [1.165, 1.54) is 0 Å². The van der Waals surface area contributed by atoms with Crippen molar-refractivity contribution in [3.8, 4) is 0 Å². The third-order valence-electron chi connectivity index (χ3n) is 1.34. The quantitative estimate of drug-likeness (QED) is 0.425. The number of aliphatic hydroxyl groups excluding tert-OH is 4. The van der Waals surface area contributed by atoms with Crippen LogP contribution < -0.4 is 0 Å². The Morgan fingerprint density at radius 1 is 0.812 bits per heavy atom. The molecule has 0 spiro atoms. The second-order valence-corrected chi connectivity index (χ2v) is 3.02. The molecule has 0 aliphatic heterocycles. The Bertz CT molecular complexity index is 108. The van der Waals surface area contributed by atoms with Crippen LogP contribution in [0.4, 0.5) is 0 Å². The van der Waals surface area contributed by atoms with Gasteiger partial charge < -0.3 is 29.9 Å². The van der Waals surface area contributed by atoms with E-state index in [-0.39, 0.29) is 13.2 Å². The van der Waals surface area contributed by atoms with Crippen molar-refractivity contribution in [1.29, 1.82) is 0 Å². The highest BCUT2D eigenvalue weighted by Gasteiger charge is 1.97. The van der Waals surface area contributed by atoms with Crippen LogP contribution in [0.25, 0.3) is 0 Å². The van der Waals surface area contributed by atoms with Gasteiger partial charge in [0.25, 0.3) is 0 Å². The monoisotopic (exact) mass is 240 g/mol. The molecular weight excluding hydrogens is 216 g/mol. The molecule has 0 saturated heterocycles. The minimum absolute atomic E-state index is 0.319. The highest BCUT2D eigenvalue weighted by atomic mass is 16.6. The van der Waals surface area contributed by atoms with E-state index in [2.05, 4.69) is 9.47 Å². The first-order valence-electron chi connectivity index (χ1n) is 5.43. The molecule has 0 amide bonds. The second kappa shape index (κ2) is 14.8. The van der Waals surface area contributed by atoms with Crippen LogP contribution in [0.5, 0.6) is 0 Å². The maximum Gasteiger partial charge on any atom is 0.177 e. The molecule has 0 heterocycles. The third kappa shape index (κ3) is 16.2. The van der Waals surface area contributed by atoms with Gasteiger partial charge >= 0.3 is 0 Å². The average molecular weight is 240 g/mol. The summed E-state index contributed by atoms with van der Waals surface area (Å²) in [6.45, 7) is 4.23. The summed E-state index contributed by atoms with van der Waals surface area (Å²) in [5.74, 6) is 0. The largest absolute Gasteiger partial charge is 0.391 e. The van der Waals surface area contributed by atoms with Crippen molar-refractivity contribution < 1.29 is 29.9 Å². The molecule has 6 heteroatoms. The molecule has 4 N–H and O–H groups in total. The average Bonchev–Trinajstić information content (AvgIpc) is 2.33. The smallest absolute Gasteiger partial charge is 0.177 e. The summed E-state index contributed by atoms with van der Waals surface area (Å²) in [6, 6.07) is 0. The zero-order valence-electron chi connectivity index (χ0n) is 10.0. The van der Waals surface area contributed by atoms with Crippen LogP contribution in [-0.4, -0.2) is 59.4 Å². The highest BCUT2D eigenvalue weighted by Crippen LogP contribution is 1.86. The van der Waals surface area contributed by atoms with E-state index in [0.717, 1.165) is 12.8 Å². The van der Waals surface area contributed by atoms with Crippen LogP contribution in [0, 0.1) is 0 Å². The first-order chi connectivity index (χ1) is 7.62. The molecule has 6 nitrogen and oxygen atoms in total. The predicted octanol–water partition coefficient (Wildman–Crippen LogP) is -0.553. The first-order valence-corrected chi connectivity index (χ1v) is 5.43. The summed E-state index contributed by atoms with van der Waals surface area (Å²) in [4.78, 5) is 0. The van der Waals surface area contributed by atoms with Crippen LogP contribution in [0.1, 0.15) is 26.7 Å². The summed E-state index contributed by atoms with van der Waals surface area (Å²) in [5.41, 5.74) is 0. The molecule has 0 bridgehead atoms. The molecule has 0 radical (unpaired) electrons. The van der Waals surface area contributed by atoms with Gasteiger partial charge in [0.05, 0.1) is 13.2 Å². The van der Waals surface area contributed by atoms with Gasteiger partial charge in [-0.2, -0.15) is 0 Å². The predicted molar refractivity (Wildman–Crippen MR) is 58.7 cm³/mol. The Kier molecular flexibility index (Phi) is 16.7. The van der Waals surface area contributed by atoms with Gasteiger partial charge in [-0.05, 0) is 12.8 Å². The Morgan fingerprint density at radius 3 is 1.31 bits per heavy atom. The van der Waals surface area contributed by atoms with Crippen LogP contribution in [0.2, 0.25) is 0 Å². The minimum atomic E-state index is -0.991. The fourth-order valence-corrected chi connectivity index (χ4v) is 0.613. The van der Waals surface area contributed by atoms with Gasteiger partial charge in [0.15, 0.2) is 12.6 Å². The molecule has 0 aromatic rings. The van der Waals surface area contributed by atoms with Gasteiger partial charge in [-0.15, -0.1) is 0 Å². The van der Waals surface area contributed by atoms with Crippen molar-refractivity contribution in [2.45, 2.75) is 39.3 Å². The summed E-state index contributed by atoms with van der Waals surface area (Å²) >= 11 is 0. The van der Waals surface area contributed by atoms with Crippen molar-refractivity contribution in [2.24, 2.45) is 0 Å². The van der Waals surface area contributed by atoms with Crippen molar-refractivity contribution in [2.75, 3.05) is 26.4 Å². The first kappa shape index (κ1) is 18.1. The number of hydrogen-bond donors (Lipinski definition) is 4. The van der Waals surface area contributed by atoms with E-state index in [1.807, 2.05) is 13.8 Å². The lowest BCUT2D eigenvalue weighted by Crippen LogP contribution is -2.16. The Morgan fingerprint density at radius 2 is 1.12 bits per heavy atom. The van der Waals surface area contributed by atoms with Crippen molar-refractivity contribution >= 4 is 0 Å². The van der Waals surface area contributed by atoms with Crippen molar-refractivity contribution in [3.05, 3.63) is 0 Å². The van der Waals surface area contributed by atoms with E-state index < -0.39 is 12.6 Å². The molecule has 16 heavy (non-hydrogen) atoms. The molecule has 2 atom stereocenters. The molecule has 0 aromatic carbocycles. The van der Waals surface area contributed by atoms with Gasteiger partial charge in [0, 0.05) is 13.2 Å². The standard InChI is InChI=1S/2C5H12O3/c2*1-2-3-8-5(7)4-6/h2*5-7H,2-4H2,1H3. The molecule has 0 saturated carbocycles. The number of ether oxygens (including phenoxy) is 2. The molecular formula is C10H24O6. The maximum absolute atomic E-state index is 8.52. The van der Waals surface area contributed by atoms with Crippen molar-refractivity contribution in [3.63, 3.8) is 0 Å². The molecule has 0 aliphatic carbocycles. The Balaban J connectivity index is 0. The zero-order chi connectivity index (χ0) is 12.8. The number of hydrogen-bond acceptors (Lipinski definition) is 6. The van der Waals surface area contributed by atoms with Crippen LogP contribution in [0.3, 0.4) is 0 Å². The molecule has 2 unspecified atom stereocenters. The highest BCUT2D eigenvalue weighted by molar-refractivity contribution is 4.33. The van der Waals surface area contributed by atoms with Crippen LogP contribution in [-0.2, 0) is 9.47 Å². The summed E-state index contributed by atoms with van der Waals surface area (Å²) in [5, 5.41) is 33.4. The molecule has 0 aromatic heterocycles. The Labute approximate surface area is 96.4 Å². The SMILES string of the molecule is CCCOC(O)CO.CCCOC(O)CO. The van der Waals surface area contributed by atoms with E-state index in [1.54, 1.807) is 0 Å². The molecule has 100 valence electrons. The van der Waals surface area contributed by atoms with E-state index in [0.29, 0.717) is 13.2 Å². The molecule has 0 fully saturated rings. The van der Waals surface area contributed by atoms with Gasteiger partial charge in [0.2, 0.25) is 0 Å². The van der Waals surface area contributed by atoms with Crippen molar-refractivity contribution in [1.82, 2.24) is 0 Å². The van der Waals surface area contributed by atoms with Gasteiger partial charge in [-0.25, -0.2) is 0 Å². The summed E-state index contributed by atoms with van der Waals surface area (Å²) in [7, 11) is 0. The zero-order valence-corrected chi connectivity index (χ0v) is 10.0. The Hall–Kier alpha value is -0.240. The fraction of sp³-hybridized carbons (Fsp3) is 1.00.